The van der Waals surface area contributed by atoms with Gasteiger partial charge in [-0.3, -0.25) is 9.36 Å². The molecule has 1 unspecified atom stereocenters. The molecule has 0 amide bonds. The molecular formula is C21H23N3O3S. The van der Waals surface area contributed by atoms with Crippen molar-refractivity contribution in [2.45, 2.75) is 37.8 Å². The normalized spacial score (nSPS) is 23.5. The van der Waals surface area contributed by atoms with Gasteiger partial charge in [0.25, 0.3) is 5.56 Å². The summed E-state index contributed by atoms with van der Waals surface area (Å²) in [6.45, 7) is 1.37. The quantitative estimate of drug-likeness (QED) is 0.709. The van der Waals surface area contributed by atoms with Gasteiger partial charge in [0.2, 0.25) is 0 Å². The summed E-state index contributed by atoms with van der Waals surface area (Å²) in [6, 6.07) is 6.65. The van der Waals surface area contributed by atoms with Crippen LogP contribution < -0.4 is 21.3 Å². The molecule has 1 aromatic carbocycles. The van der Waals surface area contributed by atoms with Crippen LogP contribution in [0.3, 0.4) is 0 Å². The maximum absolute atomic E-state index is 12.6. The van der Waals surface area contributed by atoms with Crippen LogP contribution in [0.1, 0.15) is 29.9 Å². The second kappa shape index (κ2) is 6.90. The molecule has 5 rings (SSSR count). The van der Waals surface area contributed by atoms with Gasteiger partial charge in [0.1, 0.15) is 5.75 Å². The van der Waals surface area contributed by atoms with Crippen LogP contribution in [0.25, 0.3) is 10.9 Å². The molecule has 3 atom stereocenters. The Bertz CT molecular complexity index is 1150. The Labute approximate surface area is 166 Å². The largest absolute Gasteiger partial charge is 0.496 e. The topological polar surface area (TPSA) is 76.1 Å². The molecule has 146 valence electrons. The minimum atomic E-state index is -0.316. The van der Waals surface area contributed by atoms with Gasteiger partial charge < -0.3 is 15.0 Å². The molecule has 0 bridgehead atoms. The van der Waals surface area contributed by atoms with Crippen LogP contribution in [0, 0.1) is 5.92 Å². The lowest BCUT2D eigenvalue weighted by Gasteiger charge is -2.31. The van der Waals surface area contributed by atoms with E-state index >= 15 is 0 Å². The lowest BCUT2D eigenvalue weighted by atomic mass is 9.74. The zero-order valence-corrected chi connectivity index (χ0v) is 16.6. The van der Waals surface area contributed by atoms with Gasteiger partial charge >= 0.3 is 5.69 Å². The van der Waals surface area contributed by atoms with Crippen LogP contribution in [0.4, 0.5) is 0 Å². The summed E-state index contributed by atoms with van der Waals surface area (Å²) < 4.78 is 6.90. The number of thiophene rings is 1. The summed E-state index contributed by atoms with van der Waals surface area (Å²) in [6.07, 6.45) is 2.89. The summed E-state index contributed by atoms with van der Waals surface area (Å²) in [5.41, 5.74) is 2.86. The van der Waals surface area contributed by atoms with E-state index in [1.807, 2.05) is 6.07 Å². The van der Waals surface area contributed by atoms with Gasteiger partial charge in [0, 0.05) is 35.8 Å². The van der Waals surface area contributed by atoms with Gasteiger partial charge in [0.15, 0.2) is 0 Å². The maximum Gasteiger partial charge on any atom is 0.328 e. The van der Waals surface area contributed by atoms with Crippen molar-refractivity contribution >= 4 is 22.2 Å². The number of nitrogens with one attached hydrogen (secondary N) is 2. The first-order valence-corrected chi connectivity index (χ1v) is 10.7. The minimum Gasteiger partial charge on any atom is -0.496 e. The second-order valence-corrected chi connectivity index (χ2v) is 8.47. The molecule has 2 aliphatic rings. The zero-order valence-electron chi connectivity index (χ0n) is 15.7. The van der Waals surface area contributed by atoms with Gasteiger partial charge in [-0.25, -0.2) is 4.79 Å². The molecule has 1 fully saturated rings. The van der Waals surface area contributed by atoms with Crippen molar-refractivity contribution < 1.29 is 4.74 Å². The molecule has 3 aromatic rings. The monoisotopic (exact) mass is 397 g/mol. The van der Waals surface area contributed by atoms with Gasteiger partial charge in [0.05, 0.1) is 18.0 Å². The first-order chi connectivity index (χ1) is 13.7. The van der Waals surface area contributed by atoms with Crippen molar-refractivity contribution in [1.29, 1.82) is 0 Å². The Kier molecular flexibility index (Phi) is 4.36. The summed E-state index contributed by atoms with van der Waals surface area (Å²) >= 11 is 1.43. The molecular weight excluding hydrogens is 374 g/mol. The average Bonchev–Trinajstić information content (AvgIpc) is 3.34. The predicted molar refractivity (Wildman–Crippen MR) is 111 cm³/mol. The Hall–Kier alpha value is -2.38. The Morgan fingerprint density at radius 2 is 2.18 bits per heavy atom. The van der Waals surface area contributed by atoms with Crippen molar-refractivity contribution in [3.05, 3.63) is 60.9 Å². The molecule has 0 radical (unpaired) electrons. The summed E-state index contributed by atoms with van der Waals surface area (Å²) in [4.78, 5) is 27.8. The van der Waals surface area contributed by atoms with Crippen molar-refractivity contribution in [2.75, 3.05) is 13.7 Å². The fourth-order valence-electron chi connectivity index (χ4n) is 5.07. The van der Waals surface area contributed by atoms with Gasteiger partial charge in [-0.15, -0.1) is 11.3 Å². The van der Waals surface area contributed by atoms with Crippen LogP contribution in [-0.2, 0) is 13.0 Å². The van der Waals surface area contributed by atoms with E-state index < -0.39 is 0 Å². The highest BCUT2D eigenvalue weighted by molar-refractivity contribution is 7.09. The highest BCUT2D eigenvalue weighted by Gasteiger charge is 2.40. The molecule has 3 heterocycles. The first kappa shape index (κ1) is 17.7. The minimum absolute atomic E-state index is 0.187. The fourth-order valence-corrected chi connectivity index (χ4v) is 5.83. The van der Waals surface area contributed by atoms with Crippen molar-refractivity contribution in [2.24, 2.45) is 5.92 Å². The van der Waals surface area contributed by atoms with E-state index in [-0.39, 0.29) is 11.2 Å². The number of nitrogens with zero attached hydrogens (tertiary/aromatic N) is 1. The van der Waals surface area contributed by atoms with E-state index in [2.05, 4.69) is 22.4 Å². The van der Waals surface area contributed by atoms with E-state index in [1.165, 1.54) is 27.0 Å². The molecule has 2 aromatic heterocycles. The number of H-pyrrole nitrogens is 1. The lowest BCUT2D eigenvalue weighted by molar-refractivity contribution is 0.337. The van der Waals surface area contributed by atoms with Crippen LogP contribution >= 0.6 is 11.3 Å². The molecule has 2 N–H and O–H groups in total. The smallest absolute Gasteiger partial charge is 0.328 e. The molecule has 0 saturated carbocycles. The van der Waals surface area contributed by atoms with Crippen LogP contribution in [0.5, 0.6) is 5.75 Å². The third-order valence-corrected chi connectivity index (χ3v) is 7.18. The third kappa shape index (κ3) is 2.72. The molecule has 1 aliphatic carbocycles. The highest BCUT2D eigenvalue weighted by atomic mass is 32.1. The standard InChI is InChI=1S/C21H23N3O3S/c1-27-19-4-2-3-12-14(19)6-5-13-15(12)9-22-17(13)7-8-24-20(25)16-10-28-11-18(16)23-21(24)26/h2-4,10-11,13,15,17,22H,5-9H2,1H3,(H,23,26)/t13-,15+,17?/m1/s1. The number of rotatable bonds is 4. The average molecular weight is 398 g/mol. The summed E-state index contributed by atoms with van der Waals surface area (Å²) in [5.74, 6) is 1.99. The molecule has 28 heavy (non-hydrogen) atoms. The van der Waals surface area contributed by atoms with Crippen LogP contribution in [-0.4, -0.2) is 29.2 Å². The molecule has 0 spiro atoms. The van der Waals surface area contributed by atoms with E-state index in [4.69, 9.17) is 4.74 Å². The highest BCUT2D eigenvalue weighted by Crippen LogP contribution is 2.44. The fraction of sp³-hybridized carbons (Fsp3) is 0.429. The number of benzene rings is 1. The number of aromatic amines is 1. The van der Waals surface area contributed by atoms with Gasteiger partial charge in [-0.2, -0.15) is 0 Å². The molecule has 1 aliphatic heterocycles. The maximum atomic E-state index is 12.6. The number of fused-ring (bicyclic) bond motifs is 4. The van der Waals surface area contributed by atoms with Crippen molar-refractivity contribution in [3.8, 4) is 5.75 Å². The number of hydrogen-bond donors (Lipinski definition) is 2. The van der Waals surface area contributed by atoms with E-state index in [1.54, 1.807) is 17.9 Å². The third-order valence-electron chi connectivity index (χ3n) is 6.44. The Morgan fingerprint density at radius 3 is 3.04 bits per heavy atom. The number of methoxy groups -OCH3 is 1. The molecule has 1 saturated heterocycles. The van der Waals surface area contributed by atoms with Crippen LogP contribution in [0.2, 0.25) is 0 Å². The molecule has 6 nitrogen and oxygen atoms in total. The first-order valence-electron chi connectivity index (χ1n) is 9.75. The van der Waals surface area contributed by atoms with E-state index in [0.29, 0.717) is 35.3 Å². The van der Waals surface area contributed by atoms with Gasteiger partial charge in [-0.05, 0) is 42.4 Å². The summed E-state index contributed by atoms with van der Waals surface area (Å²) in [7, 11) is 1.73. The zero-order chi connectivity index (χ0) is 19.3. The number of ether oxygens (including phenoxy) is 1. The SMILES string of the molecule is COc1cccc2c1CC[C@H]1C(CCn3c(=O)[nH]c4cscc4c3=O)NC[C@@H]21. The van der Waals surface area contributed by atoms with Crippen molar-refractivity contribution in [3.63, 3.8) is 0 Å². The second-order valence-electron chi connectivity index (χ2n) is 7.73. The predicted octanol–water partition coefficient (Wildman–Crippen LogP) is 2.47. The van der Waals surface area contributed by atoms with E-state index in [9.17, 15) is 9.59 Å². The summed E-state index contributed by atoms with van der Waals surface area (Å²) in [5, 5.41) is 7.86. The molecule has 7 heteroatoms. The lowest BCUT2D eigenvalue weighted by Crippen LogP contribution is -2.38. The van der Waals surface area contributed by atoms with Gasteiger partial charge in [-0.1, -0.05) is 12.1 Å². The Balaban J connectivity index is 1.37. The number of hydrogen-bond acceptors (Lipinski definition) is 5. The Morgan fingerprint density at radius 1 is 1.29 bits per heavy atom. The van der Waals surface area contributed by atoms with E-state index in [0.717, 1.165) is 31.6 Å². The van der Waals surface area contributed by atoms with Crippen LogP contribution in [0.15, 0.2) is 38.5 Å². The van der Waals surface area contributed by atoms with Crippen molar-refractivity contribution in [1.82, 2.24) is 14.9 Å². The number of aromatic nitrogens is 2.